The van der Waals surface area contributed by atoms with Crippen LogP contribution in [-0.4, -0.2) is 28.8 Å². The summed E-state index contributed by atoms with van der Waals surface area (Å²) in [5, 5.41) is 7.34. The molecule has 0 spiro atoms. The summed E-state index contributed by atoms with van der Waals surface area (Å²) in [7, 11) is 0. The van der Waals surface area contributed by atoms with Crippen LogP contribution in [0.3, 0.4) is 0 Å². The largest absolute Gasteiger partial charge is 0.369 e. The maximum atomic E-state index is 12.5. The molecule has 6 nitrogen and oxygen atoms in total. The number of nitrogens with zero attached hydrogens (tertiary/aromatic N) is 3. The lowest BCUT2D eigenvalue weighted by molar-refractivity contribution is -0.124. The van der Waals surface area contributed by atoms with Crippen LogP contribution >= 0.6 is 0 Å². The molecule has 0 saturated carbocycles. The molecule has 1 aromatic heterocycles. The summed E-state index contributed by atoms with van der Waals surface area (Å²) in [4.78, 5) is 27.0. The van der Waals surface area contributed by atoms with Crippen molar-refractivity contribution in [2.24, 2.45) is 5.92 Å². The van der Waals surface area contributed by atoms with Crippen LogP contribution in [-0.2, 0) is 17.9 Å². The van der Waals surface area contributed by atoms with E-state index in [2.05, 4.69) is 15.3 Å². The standard InChI is InChI=1S/C23H24N4O2/c28-22-13-21(15-25-27(22)16-19-9-5-2-6-10-19)26-12-11-20(17-26)23(29)24-14-18-7-3-1-4-8-18/h1-10,13,15,20H,11-12,14,16-17H2,(H,24,29). The Morgan fingerprint density at radius 1 is 1.03 bits per heavy atom. The molecular weight excluding hydrogens is 364 g/mol. The maximum Gasteiger partial charge on any atom is 0.269 e. The molecule has 0 bridgehead atoms. The topological polar surface area (TPSA) is 67.2 Å². The number of hydrogen-bond donors (Lipinski definition) is 1. The minimum absolute atomic E-state index is 0.0572. The highest BCUT2D eigenvalue weighted by Crippen LogP contribution is 2.22. The molecule has 1 saturated heterocycles. The van der Waals surface area contributed by atoms with Crippen molar-refractivity contribution < 1.29 is 4.79 Å². The Kier molecular flexibility index (Phi) is 5.70. The van der Waals surface area contributed by atoms with E-state index in [1.807, 2.05) is 60.7 Å². The molecular formula is C23H24N4O2. The summed E-state index contributed by atoms with van der Waals surface area (Å²) < 4.78 is 1.46. The van der Waals surface area contributed by atoms with Crippen LogP contribution < -0.4 is 15.8 Å². The lowest BCUT2D eigenvalue weighted by Crippen LogP contribution is -2.33. The van der Waals surface area contributed by atoms with Crippen LogP contribution in [0.1, 0.15) is 17.5 Å². The fourth-order valence-corrected chi connectivity index (χ4v) is 3.61. The number of aromatic nitrogens is 2. The lowest BCUT2D eigenvalue weighted by Gasteiger charge is -2.18. The van der Waals surface area contributed by atoms with Crippen LogP contribution in [0.2, 0.25) is 0 Å². The van der Waals surface area contributed by atoms with Gasteiger partial charge in [0.05, 0.1) is 24.3 Å². The molecule has 1 atom stereocenters. The Labute approximate surface area is 169 Å². The molecule has 1 fully saturated rings. The van der Waals surface area contributed by atoms with Crippen molar-refractivity contribution in [2.45, 2.75) is 19.5 Å². The van der Waals surface area contributed by atoms with Gasteiger partial charge in [-0.1, -0.05) is 60.7 Å². The van der Waals surface area contributed by atoms with Gasteiger partial charge in [0, 0.05) is 25.7 Å². The van der Waals surface area contributed by atoms with Crippen molar-refractivity contribution in [1.29, 1.82) is 0 Å². The number of benzene rings is 2. The third-order valence-corrected chi connectivity index (χ3v) is 5.26. The van der Waals surface area contributed by atoms with Gasteiger partial charge in [0.2, 0.25) is 5.91 Å². The average Bonchev–Trinajstić information content (AvgIpc) is 3.25. The molecule has 1 N–H and O–H groups in total. The van der Waals surface area contributed by atoms with E-state index in [4.69, 9.17) is 0 Å². The molecule has 2 heterocycles. The first-order valence-electron chi connectivity index (χ1n) is 9.87. The second-order valence-corrected chi connectivity index (χ2v) is 7.33. The van der Waals surface area contributed by atoms with Gasteiger partial charge >= 0.3 is 0 Å². The number of anilines is 1. The first-order chi connectivity index (χ1) is 14.2. The monoisotopic (exact) mass is 388 g/mol. The number of rotatable bonds is 6. The Morgan fingerprint density at radius 3 is 2.41 bits per heavy atom. The van der Waals surface area contributed by atoms with Gasteiger partial charge in [-0.15, -0.1) is 0 Å². The molecule has 0 radical (unpaired) electrons. The van der Waals surface area contributed by atoms with Gasteiger partial charge in [-0.2, -0.15) is 5.10 Å². The van der Waals surface area contributed by atoms with Gasteiger partial charge in [-0.25, -0.2) is 4.68 Å². The molecule has 1 aliphatic heterocycles. The fraction of sp³-hybridized carbons (Fsp3) is 0.261. The van der Waals surface area contributed by atoms with E-state index in [9.17, 15) is 9.59 Å². The molecule has 2 aromatic carbocycles. The highest BCUT2D eigenvalue weighted by atomic mass is 16.2. The summed E-state index contributed by atoms with van der Waals surface area (Å²) in [5.41, 5.74) is 2.76. The van der Waals surface area contributed by atoms with Crippen LogP contribution in [0.4, 0.5) is 5.69 Å². The van der Waals surface area contributed by atoms with E-state index >= 15 is 0 Å². The van der Waals surface area contributed by atoms with E-state index in [1.165, 1.54) is 4.68 Å². The number of hydrogen-bond acceptors (Lipinski definition) is 4. The van der Waals surface area contributed by atoms with Crippen molar-refractivity contribution in [1.82, 2.24) is 15.1 Å². The quantitative estimate of drug-likeness (QED) is 0.704. The number of carbonyl (C=O) groups excluding carboxylic acids is 1. The first-order valence-corrected chi connectivity index (χ1v) is 9.87. The molecule has 6 heteroatoms. The molecule has 1 aliphatic rings. The summed E-state index contributed by atoms with van der Waals surface area (Å²) in [6.07, 6.45) is 2.49. The third kappa shape index (κ3) is 4.71. The van der Waals surface area contributed by atoms with Crippen molar-refractivity contribution in [2.75, 3.05) is 18.0 Å². The Balaban J connectivity index is 1.35. The maximum absolute atomic E-state index is 12.5. The number of carbonyl (C=O) groups is 1. The summed E-state index contributed by atoms with van der Waals surface area (Å²) in [5.74, 6) is -0.0211. The van der Waals surface area contributed by atoms with Crippen molar-refractivity contribution in [3.8, 4) is 0 Å². The fourth-order valence-electron chi connectivity index (χ4n) is 3.61. The highest BCUT2D eigenvalue weighted by Gasteiger charge is 2.28. The Morgan fingerprint density at radius 2 is 1.72 bits per heavy atom. The molecule has 3 aromatic rings. The highest BCUT2D eigenvalue weighted by molar-refractivity contribution is 5.80. The molecule has 29 heavy (non-hydrogen) atoms. The van der Waals surface area contributed by atoms with E-state index in [0.29, 0.717) is 19.6 Å². The van der Waals surface area contributed by atoms with Crippen molar-refractivity contribution in [3.63, 3.8) is 0 Å². The average molecular weight is 388 g/mol. The minimum Gasteiger partial charge on any atom is -0.369 e. The van der Waals surface area contributed by atoms with E-state index in [1.54, 1.807) is 12.3 Å². The van der Waals surface area contributed by atoms with Gasteiger partial charge in [-0.05, 0) is 17.5 Å². The Bertz CT molecular complexity index is 1020. The van der Waals surface area contributed by atoms with Gasteiger partial charge < -0.3 is 10.2 Å². The van der Waals surface area contributed by atoms with Crippen molar-refractivity contribution >= 4 is 11.6 Å². The SMILES string of the molecule is O=C(NCc1ccccc1)C1CCN(c2cnn(Cc3ccccc3)c(=O)c2)C1. The van der Waals surface area contributed by atoms with Gasteiger partial charge in [0.1, 0.15) is 0 Å². The minimum atomic E-state index is -0.136. The van der Waals surface area contributed by atoms with Gasteiger partial charge in [-0.3, -0.25) is 9.59 Å². The van der Waals surface area contributed by atoms with E-state index < -0.39 is 0 Å². The summed E-state index contributed by atoms with van der Waals surface area (Å²) in [6, 6.07) is 21.3. The lowest BCUT2D eigenvalue weighted by atomic mass is 10.1. The van der Waals surface area contributed by atoms with Gasteiger partial charge in [0.15, 0.2) is 0 Å². The van der Waals surface area contributed by atoms with Crippen LogP contribution in [0, 0.1) is 5.92 Å². The predicted octanol–water partition coefficient (Wildman–Crippen LogP) is 2.43. The zero-order valence-corrected chi connectivity index (χ0v) is 16.2. The molecule has 148 valence electrons. The third-order valence-electron chi connectivity index (χ3n) is 5.26. The van der Waals surface area contributed by atoms with E-state index in [0.717, 1.165) is 29.8 Å². The summed E-state index contributed by atoms with van der Waals surface area (Å²) in [6.45, 7) is 2.33. The van der Waals surface area contributed by atoms with E-state index in [-0.39, 0.29) is 17.4 Å². The normalized spacial score (nSPS) is 16.0. The molecule has 1 unspecified atom stereocenters. The van der Waals surface area contributed by atoms with Crippen LogP contribution in [0.15, 0.2) is 77.7 Å². The first kappa shape index (κ1) is 18.9. The zero-order valence-electron chi connectivity index (χ0n) is 16.2. The molecule has 4 rings (SSSR count). The number of amides is 1. The second kappa shape index (κ2) is 8.73. The number of nitrogens with one attached hydrogen (secondary N) is 1. The molecule has 1 amide bonds. The van der Waals surface area contributed by atoms with Crippen LogP contribution in [0.5, 0.6) is 0 Å². The zero-order chi connectivity index (χ0) is 20.1. The van der Waals surface area contributed by atoms with Gasteiger partial charge in [0.25, 0.3) is 5.56 Å². The molecule has 0 aliphatic carbocycles. The second-order valence-electron chi connectivity index (χ2n) is 7.33. The predicted molar refractivity (Wildman–Crippen MR) is 113 cm³/mol. The van der Waals surface area contributed by atoms with Crippen LogP contribution in [0.25, 0.3) is 0 Å². The Hall–Kier alpha value is -3.41. The summed E-state index contributed by atoms with van der Waals surface area (Å²) >= 11 is 0. The van der Waals surface area contributed by atoms with Crippen molar-refractivity contribution in [3.05, 3.63) is 94.4 Å². The smallest absolute Gasteiger partial charge is 0.269 e.